The third-order valence-corrected chi connectivity index (χ3v) is 2.62. The molecule has 2 rings (SSSR count). The van der Waals surface area contributed by atoms with Gasteiger partial charge in [0.2, 0.25) is 0 Å². The normalized spacial score (nSPS) is 10.8. The minimum atomic E-state index is -4.76. The van der Waals surface area contributed by atoms with Gasteiger partial charge in [-0.25, -0.2) is 9.48 Å². The van der Waals surface area contributed by atoms with Gasteiger partial charge in [0.05, 0.1) is 18.5 Å². The summed E-state index contributed by atoms with van der Waals surface area (Å²) >= 11 is 0. The third kappa shape index (κ3) is 4.52. The summed E-state index contributed by atoms with van der Waals surface area (Å²) in [4.78, 5) is 11.6. The van der Waals surface area contributed by atoms with Crippen LogP contribution in [0.15, 0.2) is 30.5 Å². The highest BCUT2D eigenvalue weighted by molar-refractivity contribution is 5.94. The van der Waals surface area contributed by atoms with Crippen molar-refractivity contribution in [2.45, 2.75) is 13.3 Å². The quantitative estimate of drug-likeness (QED) is 0.857. The minimum Gasteiger partial charge on any atom is -0.462 e. The molecule has 0 radical (unpaired) electrons. The minimum absolute atomic E-state index is 0. The van der Waals surface area contributed by atoms with Crippen molar-refractivity contribution in [3.8, 4) is 11.4 Å². The van der Waals surface area contributed by atoms with Crippen molar-refractivity contribution in [3.05, 3.63) is 36.0 Å². The van der Waals surface area contributed by atoms with Crippen LogP contribution in [-0.2, 0) is 4.74 Å². The van der Waals surface area contributed by atoms with Crippen molar-refractivity contribution >= 4 is 24.2 Å². The number of ether oxygens (including phenoxy) is 2. The van der Waals surface area contributed by atoms with Crippen LogP contribution in [-0.4, -0.2) is 28.7 Å². The fourth-order valence-electron chi connectivity index (χ4n) is 1.72. The summed E-state index contributed by atoms with van der Waals surface area (Å²) in [5.41, 5.74) is 6.25. The van der Waals surface area contributed by atoms with Crippen molar-refractivity contribution in [2.24, 2.45) is 0 Å². The number of carbonyl (C=O) groups excluding carboxylic acids is 1. The summed E-state index contributed by atoms with van der Waals surface area (Å²) in [6, 6.07) is 4.90. The number of anilines is 1. The van der Waals surface area contributed by atoms with Crippen LogP contribution in [0.2, 0.25) is 0 Å². The first kappa shape index (κ1) is 18.6. The van der Waals surface area contributed by atoms with E-state index in [4.69, 9.17) is 10.5 Å². The maximum Gasteiger partial charge on any atom is 0.573 e. The van der Waals surface area contributed by atoms with Gasteiger partial charge in [-0.1, -0.05) is 0 Å². The van der Waals surface area contributed by atoms with Crippen LogP contribution in [0.25, 0.3) is 5.69 Å². The van der Waals surface area contributed by atoms with Crippen LogP contribution in [0.5, 0.6) is 5.75 Å². The summed E-state index contributed by atoms with van der Waals surface area (Å²) < 4.78 is 46.0. The van der Waals surface area contributed by atoms with Crippen LogP contribution >= 0.6 is 12.4 Å². The number of carbonyl (C=O) groups is 1. The fraction of sp³-hybridized carbons (Fsp3) is 0.231. The Hall–Kier alpha value is -2.42. The molecule has 6 nitrogen and oxygen atoms in total. The zero-order valence-corrected chi connectivity index (χ0v) is 12.6. The Morgan fingerprint density at radius 2 is 1.91 bits per heavy atom. The molecule has 0 spiro atoms. The predicted octanol–water partition coefficient (Wildman–Crippen LogP) is 2.95. The summed E-state index contributed by atoms with van der Waals surface area (Å²) in [6.45, 7) is 1.84. The Kier molecular flexibility index (Phi) is 5.85. The lowest BCUT2D eigenvalue weighted by Gasteiger charge is -2.10. The van der Waals surface area contributed by atoms with Crippen LogP contribution in [0.1, 0.15) is 17.3 Å². The zero-order valence-electron chi connectivity index (χ0n) is 11.8. The van der Waals surface area contributed by atoms with Crippen LogP contribution < -0.4 is 10.5 Å². The van der Waals surface area contributed by atoms with E-state index in [0.717, 1.165) is 12.1 Å². The zero-order chi connectivity index (χ0) is 16.3. The number of benzene rings is 1. The van der Waals surface area contributed by atoms with Gasteiger partial charge in [0.15, 0.2) is 0 Å². The number of nitrogens with zero attached hydrogens (tertiary/aromatic N) is 2. The van der Waals surface area contributed by atoms with Crippen LogP contribution in [0, 0.1) is 0 Å². The fourth-order valence-corrected chi connectivity index (χ4v) is 1.72. The van der Waals surface area contributed by atoms with Gasteiger partial charge in [0, 0.05) is 0 Å². The van der Waals surface area contributed by atoms with Crippen molar-refractivity contribution in [1.82, 2.24) is 9.78 Å². The van der Waals surface area contributed by atoms with Crippen LogP contribution in [0.3, 0.4) is 0 Å². The first-order valence-corrected chi connectivity index (χ1v) is 6.18. The number of nitrogens with two attached hydrogens (primary N) is 1. The number of hydrogen-bond donors (Lipinski definition) is 1. The van der Waals surface area contributed by atoms with E-state index in [2.05, 4.69) is 9.84 Å². The summed E-state index contributed by atoms with van der Waals surface area (Å²) in [7, 11) is 0. The SMILES string of the molecule is CCOC(=O)c1cnn(-c2ccc(OC(F)(F)F)cc2)c1N.Cl. The molecular weight excluding hydrogens is 339 g/mol. The largest absolute Gasteiger partial charge is 0.573 e. The van der Waals surface area contributed by atoms with E-state index in [1.54, 1.807) is 6.92 Å². The van der Waals surface area contributed by atoms with Gasteiger partial charge in [-0.15, -0.1) is 25.6 Å². The number of rotatable bonds is 4. The van der Waals surface area contributed by atoms with Gasteiger partial charge in [-0.3, -0.25) is 0 Å². The van der Waals surface area contributed by atoms with Gasteiger partial charge in [0.1, 0.15) is 17.1 Å². The van der Waals surface area contributed by atoms with E-state index in [-0.39, 0.29) is 36.1 Å². The number of halogens is 4. The van der Waals surface area contributed by atoms with E-state index < -0.39 is 12.3 Å². The Balaban J connectivity index is 0.00000264. The molecule has 0 saturated heterocycles. The molecule has 0 aliphatic rings. The molecule has 0 bridgehead atoms. The molecular formula is C13H13ClF3N3O3. The molecule has 23 heavy (non-hydrogen) atoms. The highest BCUT2D eigenvalue weighted by atomic mass is 35.5. The van der Waals surface area contributed by atoms with Gasteiger partial charge < -0.3 is 15.2 Å². The molecule has 0 saturated carbocycles. The van der Waals surface area contributed by atoms with Gasteiger partial charge >= 0.3 is 12.3 Å². The summed E-state index contributed by atoms with van der Waals surface area (Å²) in [5.74, 6) is -0.959. The molecule has 0 atom stereocenters. The third-order valence-electron chi connectivity index (χ3n) is 2.62. The van der Waals surface area contributed by atoms with Crippen molar-refractivity contribution in [1.29, 1.82) is 0 Å². The second kappa shape index (κ2) is 7.23. The van der Waals surface area contributed by atoms with Gasteiger partial charge in [-0.05, 0) is 31.2 Å². The molecule has 2 aromatic rings. The Bertz CT molecular complexity index is 671. The standard InChI is InChI=1S/C13H12F3N3O3.ClH/c1-2-21-12(20)10-7-18-19(11(10)17)8-3-5-9(6-4-8)22-13(14,15)16;/h3-7H,2,17H2,1H3;1H. The highest BCUT2D eigenvalue weighted by Gasteiger charge is 2.31. The molecule has 0 fully saturated rings. The number of alkyl halides is 3. The molecule has 0 unspecified atom stereocenters. The predicted molar refractivity (Wildman–Crippen MR) is 77.9 cm³/mol. The average molecular weight is 352 g/mol. The molecule has 1 aromatic heterocycles. The second-order valence-corrected chi connectivity index (χ2v) is 4.12. The molecule has 0 aliphatic carbocycles. The lowest BCUT2D eigenvalue weighted by molar-refractivity contribution is -0.274. The lowest BCUT2D eigenvalue weighted by Crippen LogP contribution is -2.17. The van der Waals surface area contributed by atoms with Crippen LogP contribution in [0.4, 0.5) is 19.0 Å². The van der Waals surface area contributed by atoms with E-state index in [0.29, 0.717) is 5.69 Å². The first-order chi connectivity index (χ1) is 10.3. The van der Waals surface area contributed by atoms with E-state index in [9.17, 15) is 18.0 Å². The van der Waals surface area contributed by atoms with E-state index in [1.165, 1.54) is 23.0 Å². The molecule has 10 heteroatoms. The molecule has 0 amide bonds. The first-order valence-electron chi connectivity index (χ1n) is 6.18. The summed E-state index contributed by atoms with van der Waals surface area (Å²) in [5, 5.41) is 3.92. The monoisotopic (exact) mass is 351 g/mol. The topological polar surface area (TPSA) is 79.4 Å². The molecule has 2 N–H and O–H groups in total. The number of nitrogen functional groups attached to an aromatic ring is 1. The Labute approximate surface area is 135 Å². The molecule has 1 heterocycles. The maximum absolute atomic E-state index is 12.1. The molecule has 0 aliphatic heterocycles. The van der Waals surface area contributed by atoms with Gasteiger partial charge in [-0.2, -0.15) is 5.10 Å². The van der Waals surface area contributed by atoms with E-state index in [1.807, 2.05) is 0 Å². The average Bonchev–Trinajstić information content (AvgIpc) is 2.80. The summed E-state index contributed by atoms with van der Waals surface area (Å²) in [6.07, 6.45) is -3.53. The smallest absolute Gasteiger partial charge is 0.462 e. The van der Waals surface area contributed by atoms with Gasteiger partial charge in [0.25, 0.3) is 0 Å². The number of esters is 1. The number of hydrogen-bond acceptors (Lipinski definition) is 5. The van der Waals surface area contributed by atoms with Crippen molar-refractivity contribution in [3.63, 3.8) is 0 Å². The second-order valence-electron chi connectivity index (χ2n) is 4.12. The van der Waals surface area contributed by atoms with Crippen molar-refractivity contribution in [2.75, 3.05) is 12.3 Å². The molecule has 1 aromatic carbocycles. The number of aromatic nitrogens is 2. The Morgan fingerprint density at radius 3 is 2.43 bits per heavy atom. The lowest BCUT2D eigenvalue weighted by atomic mass is 10.3. The highest BCUT2D eigenvalue weighted by Crippen LogP contribution is 2.25. The molecule has 126 valence electrons. The Morgan fingerprint density at radius 1 is 1.30 bits per heavy atom. The maximum atomic E-state index is 12.1. The van der Waals surface area contributed by atoms with E-state index >= 15 is 0 Å². The van der Waals surface area contributed by atoms with Crippen molar-refractivity contribution < 1.29 is 27.4 Å².